The SMILES string of the molecule is C/C=C\C=C/c1cc2ccccc2n1-c1ccc(-c2cccc(B(O)O)c2)cc1. The molecular weight excluding hydrogens is 357 g/mol. The van der Waals surface area contributed by atoms with E-state index in [0.29, 0.717) is 5.46 Å². The van der Waals surface area contributed by atoms with Gasteiger partial charge in [0.25, 0.3) is 0 Å². The summed E-state index contributed by atoms with van der Waals surface area (Å²) in [5, 5.41) is 20.0. The van der Waals surface area contributed by atoms with Gasteiger partial charge in [0.15, 0.2) is 0 Å². The average molecular weight is 379 g/mol. The maximum Gasteiger partial charge on any atom is 0.488 e. The van der Waals surface area contributed by atoms with Crippen LogP contribution in [0.15, 0.2) is 97.1 Å². The van der Waals surface area contributed by atoms with E-state index in [1.807, 2.05) is 37.3 Å². The quantitative estimate of drug-likeness (QED) is 0.394. The number of fused-ring (bicyclic) bond motifs is 1. The number of aromatic nitrogens is 1. The summed E-state index contributed by atoms with van der Waals surface area (Å²) in [6.45, 7) is 2.00. The molecule has 4 rings (SSSR count). The molecule has 3 nitrogen and oxygen atoms in total. The van der Waals surface area contributed by atoms with Crippen molar-refractivity contribution in [1.82, 2.24) is 4.57 Å². The molecule has 0 bridgehead atoms. The minimum absolute atomic E-state index is 0.486. The van der Waals surface area contributed by atoms with Gasteiger partial charge >= 0.3 is 7.12 Å². The zero-order chi connectivity index (χ0) is 20.2. The molecule has 0 fully saturated rings. The molecule has 0 radical (unpaired) electrons. The first kappa shape index (κ1) is 19.0. The average Bonchev–Trinajstić information content (AvgIpc) is 3.12. The van der Waals surface area contributed by atoms with Gasteiger partial charge in [-0.05, 0) is 53.9 Å². The van der Waals surface area contributed by atoms with Crippen LogP contribution in [0.1, 0.15) is 12.6 Å². The second kappa shape index (κ2) is 8.35. The van der Waals surface area contributed by atoms with Crippen LogP contribution >= 0.6 is 0 Å². The first-order chi connectivity index (χ1) is 14.2. The Bertz CT molecular complexity index is 1190. The third-order valence-electron chi connectivity index (χ3n) is 4.95. The van der Waals surface area contributed by atoms with Crippen molar-refractivity contribution in [2.45, 2.75) is 6.92 Å². The molecule has 0 unspecified atom stereocenters. The number of allylic oxidation sites excluding steroid dienone is 3. The molecule has 4 heteroatoms. The highest BCUT2D eigenvalue weighted by Gasteiger charge is 2.12. The third-order valence-corrected chi connectivity index (χ3v) is 4.95. The number of rotatable bonds is 5. The smallest absolute Gasteiger partial charge is 0.423 e. The van der Waals surface area contributed by atoms with Gasteiger partial charge in [0.2, 0.25) is 0 Å². The van der Waals surface area contributed by atoms with Crippen LogP contribution in [0.25, 0.3) is 33.8 Å². The molecule has 0 aliphatic carbocycles. The second-order valence-electron chi connectivity index (χ2n) is 6.89. The number of nitrogens with zero attached hydrogens (tertiary/aromatic N) is 1. The Labute approximate surface area is 171 Å². The topological polar surface area (TPSA) is 45.4 Å². The van der Waals surface area contributed by atoms with Crippen molar-refractivity contribution in [3.8, 4) is 16.8 Å². The molecule has 29 heavy (non-hydrogen) atoms. The number of benzene rings is 3. The molecule has 0 aliphatic rings. The van der Waals surface area contributed by atoms with E-state index in [1.54, 1.807) is 12.1 Å². The van der Waals surface area contributed by atoms with Crippen molar-refractivity contribution in [2.75, 3.05) is 0 Å². The van der Waals surface area contributed by atoms with E-state index in [9.17, 15) is 10.0 Å². The molecule has 2 N–H and O–H groups in total. The lowest BCUT2D eigenvalue weighted by Crippen LogP contribution is -2.29. The Balaban J connectivity index is 1.77. The molecule has 142 valence electrons. The van der Waals surface area contributed by atoms with Crippen molar-refractivity contribution in [3.63, 3.8) is 0 Å². The summed E-state index contributed by atoms with van der Waals surface area (Å²) < 4.78 is 2.24. The van der Waals surface area contributed by atoms with E-state index in [2.05, 4.69) is 65.2 Å². The highest BCUT2D eigenvalue weighted by atomic mass is 16.4. The minimum Gasteiger partial charge on any atom is -0.423 e. The van der Waals surface area contributed by atoms with Crippen LogP contribution < -0.4 is 5.46 Å². The number of hydrogen-bond donors (Lipinski definition) is 2. The van der Waals surface area contributed by atoms with E-state index in [1.165, 1.54) is 5.39 Å². The Morgan fingerprint density at radius 2 is 1.59 bits per heavy atom. The minimum atomic E-state index is -1.47. The molecule has 1 aromatic heterocycles. The lowest BCUT2D eigenvalue weighted by atomic mass is 9.79. The van der Waals surface area contributed by atoms with Crippen LogP contribution in [0.2, 0.25) is 0 Å². The molecule has 0 saturated heterocycles. The van der Waals surface area contributed by atoms with Crippen molar-refractivity contribution in [1.29, 1.82) is 0 Å². The van der Waals surface area contributed by atoms with Gasteiger partial charge < -0.3 is 14.6 Å². The predicted molar refractivity (Wildman–Crippen MR) is 122 cm³/mol. The van der Waals surface area contributed by atoms with Crippen molar-refractivity contribution < 1.29 is 10.0 Å². The highest BCUT2D eigenvalue weighted by molar-refractivity contribution is 6.58. The van der Waals surface area contributed by atoms with Gasteiger partial charge in [-0.1, -0.05) is 72.8 Å². The van der Waals surface area contributed by atoms with Crippen LogP contribution in [0, 0.1) is 0 Å². The van der Waals surface area contributed by atoms with Gasteiger partial charge in [0, 0.05) is 16.8 Å². The molecular formula is C25H22BNO2. The Morgan fingerprint density at radius 1 is 0.793 bits per heavy atom. The largest absolute Gasteiger partial charge is 0.488 e. The third kappa shape index (κ3) is 3.95. The summed E-state index contributed by atoms with van der Waals surface area (Å²) in [6.07, 6.45) is 8.19. The van der Waals surface area contributed by atoms with Gasteiger partial charge in [-0.2, -0.15) is 0 Å². The lowest BCUT2D eigenvalue weighted by molar-refractivity contribution is 0.426. The number of hydrogen-bond acceptors (Lipinski definition) is 2. The molecule has 3 aromatic carbocycles. The first-order valence-electron chi connectivity index (χ1n) is 9.64. The van der Waals surface area contributed by atoms with Crippen molar-refractivity contribution in [2.24, 2.45) is 0 Å². The van der Waals surface area contributed by atoms with E-state index < -0.39 is 7.12 Å². The van der Waals surface area contributed by atoms with E-state index in [4.69, 9.17) is 0 Å². The molecule has 0 amide bonds. The monoisotopic (exact) mass is 379 g/mol. The van der Waals surface area contributed by atoms with E-state index in [-0.39, 0.29) is 0 Å². The fraction of sp³-hybridized carbons (Fsp3) is 0.0400. The summed E-state index contributed by atoms with van der Waals surface area (Å²) in [5.41, 5.74) is 5.81. The molecule has 0 atom stereocenters. The Morgan fingerprint density at radius 3 is 2.34 bits per heavy atom. The van der Waals surface area contributed by atoms with Crippen molar-refractivity contribution >= 4 is 29.6 Å². The van der Waals surface area contributed by atoms with Crippen LogP contribution in [0.3, 0.4) is 0 Å². The maximum absolute atomic E-state index is 9.43. The van der Waals surface area contributed by atoms with Gasteiger partial charge in [0.1, 0.15) is 0 Å². The fourth-order valence-corrected chi connectivity index (χ4v) is 3.53. The van der Waals surface area contributed by atoms with E-state index in [0.717, 1.165) is 28.0 Å². The summed E-state index contributed by atoms with van der Waals surface area (Å²) in [4.78, 5) is 0. The molecule has 4 aromatic rings. The highest BCUT2D eigenvalue weighted by Crippen LogP contribution is 2.27. The van der Waals surface area contributed by atoms with Crippen LogP contribution in [-0.4, -0.2) is 21.7 Å². The van der Waals surface area contributed by atoms with E-state index >= 15 is 0 Å². The zero-order valence-corrected chi connectivity index (χ0v) is 16.2. The Hall–Kier alpha value is -3.34. The van der Waals surface area contributed by atoms with Gasteiger partial charge in [-0.25, -0.2) is 0 Å². The van der Waals surface area contributed by atoms with Gasteiger partial charge in [-0.15, -0.1) is 0 Å². The van der Waals surface area contributed by atoms with Crippen LogP contribution in [-0.2, 0) is 0 Å². The standard InChI is InChI=1S/C25H22BNO2/c1-2-3-4-11-24-18-21-8-5-6-12-25(21)27(24)23-15-13-19(14-16-23)20-9-7-10-22(17-20)26(28)29/h2-18,28-29H,1H3/b3-2-,11-4-. The molecule has 0 aliphatic heterocycles. The van der Waals surface area contributed by atoms with Crippen LogP contribution in [0.5, 0.6) is 0 Å². The summed E-state index contributed by atoms with van der Waals surface area (Å²) >= 11 is 0. The normalized spacial score (nSPS) is 11.7. The predicted octanol–water partition coefficient (Wildman–Crippen LogP) is 4.57. The maximum atomic E-state index is 9.43. The number of para-hydroxylation sites is 1. The summed E-state index contributed by atoms with van der Waals surface area (Å²) in [5.74, 6) is 0. The molecule has 1 heterocycles. The molecule has 0 spiro atoms. The summed E-state index contributed by atoms with van der Waals surface area (Å²) in [7, 11) is -1.47. The zero-order valence-electron chi connectivity index (χ0n) is 16.2. The fourth-order valence-electron chi connectivity index (χ4n) is 3.53. The second-order valence-corrected chi connectivity index (χ2v) is 6.89. The van der Waals surface area contributed by atoms with Gasteiger partial charge in [0.05, 0.1) is 5.52 Å². The van der Waals surface area contributed by atoms with Crippen LogP contribution in [0.4, 0.5) is 0 Å². The van der Waals surface area contributed by atoms with Gasteiger partial charge in [-0.3, -0.25) is 0 Å². The summed E-state index contributed by atoms with van der Waals surface area (Å²) in [6, 6.07) is 26.2. The lowest BCUT2D eigenvalue weighted by Gasteiger charge is -2.11. The Kier molecular flexibility index (Phi) is 5.47. The molecule has 0 saturated carbocycles. The van der Waals surface area contributed by atoms with Crippen molar-refractivity contribution in [3.05, 3.63) is 103 Å². The first-order valence-corrected chi connectivity index (χ1v) is 9.64.